The Bertz CT molecular complexity index is 648. The van der Waals surface area contributed by atoms with E-state index in [0.717, 1.165) is 10.1 Å². The molecule has 0 aliphatic heterocycles. The van der Waals surface area contributed by atoms with Crippen LogP contribution in [0.25, 0.3) is 20.3 Å². The molecule has 0 spiro atoms. The second kappa shape index (κ2) is 3.10. The molecule has 0 radical (unpaired) electrons. The Labute approximate surface area is 89.0 Å². The summed E-state index contributed by atoms with van der Waals surface area (Å²) < 4.78 is 0.954. The standard InChI is InChI=1S/C11H6N2OS/c14-10-7-3-1-2-4-9(7)15-11-8(10)5-6-12-13-11/h1-6H. The van der Waals surface area contributed by atoms with Crippen molar-refractivity contribution < 1.29 is 0 Å². The van der Waals surface area contributed by atoms with E-state index < -0.39 is 0 Å². The maximum absolute atomic E-state index is 12.0. The molecule has 0 fully saturated rings. The second-order valence-corrected chi connectivity index (χ2v) is 4.21. The van der Waals surface area contributed by atoms with Gasteiger partial charge in [-0.25, -0.2) is 0 Å². The zero-order valence-corrected chi connectivity index (χ0v) is 8.49. The summed E-state index contributed by atoms with van der Waals surface area (Å²) in [5.74, 6) is 0. The van der Waals surface area contributed by atoms with Crippen molar-refractivity contribution in [3.05, 3.63) is 46.8 Å². The molecule has 3 nitrogen and oxygen atoms in total. The van der Waals surface area contributed by atoms with E-state index in [1.165, 1.54) is 11.3 Å². The van der Waals surface area contributed by atoms with Gasteiger partial charge in [-0.05, 0) is 18.2 Å². The van der Waals surface area contributed by atoms with Crippen LogP contribution in [0.3, 0.4) is 0 Å². The van der Waals surface area contributed by atoms with E-state index in [9.17, 15) is 4.79 Å². The van der Waals surface area contributed by atoms with Gasteiger partial charge in [0.25, 0.3) is 0 Å². The highest BCUT2D eigenvalue weighted by Crippen LogP contribution is 2.21. The minimum atomic E-state index is 0.0363. The third-order valence-corrected chi connectivity index (χ3v) is 3.34. The van der Waals surface area contributed by atoms with Gasteiger partial charge in [-0.1, -0.05) is 12.1 Å². The third kappa shape index (κ3) is 1.22. The van der Waals surface area contributed by atoms with Crippen molar-refractivity contribution in [3.8, 4) is 0 Å². The van der Waals surface area contributed by atoms with Gasteiger partial charge in [0.1, 0.15) is 0 Å². The van der Waals surface area contributed by atoms with Gasteiger partial charge in [0.15, 0.2) is 10.3 Å². The van der Waals surface area contributed by atoms with Gasteiger partial charge < -0.3 is 0 Å². The first kappa shape index (κ1) is 8.49. The minimum absolute atomic E-state index is 0.0363. The first-order valence-electron chi connectivity index (χ1n) is 4.49. The molecule has 0 unspecified atom stereocenters. The highest BCUT2D eigenvalue weighted by atomic mass is 32.1. The lowest BCUT2D eigenvalue weighted by Crippen LogP contribution is -2.01. The van der Waals surface area contributed by atoms with Crippen LogP contribution in [0.5, 0.6) is 0 Å². The van der Waals surface area contributed by atoms with Crippen molar-refractivity contribution in [1.29, 1.82) is 0 Å². The van der Waals surface area contributed by atoms with Crippen molar-refractivity contribution in [1.82, 2.24) is 10.2 Å². The quantitative estimate of drug-likeness (QED) is 0.539. The van der Waals surface area contributed by atoms with Crippen LogP contribution in [0.2, 0.25) is 0 Å². The molecule has 0 aliphatic carbocycles. The number of benzene rings is 1. The molecule has 3 rings (SSSR count). The fourth-order valence-corrected chi connectivity index (χ4v) is 2.54. The lowest BCUT2D eigenvalue weighted by atomic mass is 10.2. The summed E-state index contributed by atoms with van der Waals surface area (Å²) >= 11 is 1.49. The molecule has 15 heavy (non-hydrogen) atoms. The van der Waals surface area contributed by atoms with Crippen molar-refractivity contribution in [2.75, 3.05) is 0 Å². The molecule has 4 heteroatoms. The molecule has 2 aromatic heterocycles. The average Bonchev–Trinajstić information content (AvgIpc) is 2.30. The van der Waals surface area contributed by atoms with E-state index in [1.807, 2.05) is 24.3 Å². The molecule has 0 amide bonds. The van der Waals surface area contributed by atoms with Crippen molar-refractivity contribution >= 4 is 31.6 Å². The van der Waals surface area contributed by atoms with E-state index in [1.54, 1.807) is 12.3 Å². The van der Waals surface area contributed by atoms with E-state index in [2.05, 4.69) is 10.2 Å². The summed E-state index contributed by atoms with van der Waals surface area (Å²) in [6.07, 6.45) is 1.55. The van der Waals surface area contributed by atoms with Gasteiger partial charge in [0, 0.05) is 10.1 Å². The first-order valence-corrected chi connectivity index (χ1v) is 5.31. The van der Waals surface area contributed by atoms with Crippen LogP contribution in [0, 0.1) is 0 Å². The number of nitrogens with zero attached hydrogens (tertiary/aromatic N) is 2. The zero-order valence-electron chi connectivity index (χ0n) is 7.68. The van der Waals surface area contributed by atoms with Gasteiger partial charge >= 0.3 is 0 Å². The normalized spacial score (nSPS) is 10.9. The molecule has 3 aromatic rings. The van der Waals surface area contributed by atoms with Gasteiger partial charge in [0.05, 0.1) is 11.6 Å². The molecular weight excluding hydrogens is 208 g/mol. The molecule has 0 saturated carbocycles. The lowest BCUT2D eigenvalue weighted by Gasteiger charge is -1.97. The van der Waals surface area contributed by atoms with Gasteiger partial charge in [-0.2, -0.15) is 5.10 Å². The number of fused-ring (bicyclic) bond motifs is 2. The van der Waals surface area contributed by atoms with Crippen LogP contribution >= 0.6 is 11.3 Å². The SMILES string of the molecule is O=c1c2ccccc2sc2nnccc12. The van der Waals surface area contributed by atoms with Crippen LogP contribution in [-0.2, 0) is 0 Å². The Morgan fingerprint density at radius 1 is 1.07 bits per heavy atom. The molecule has 0 N–H and O–H groups in total. The molecular formula is C11H6N2OS. The van der Waals surface area contributed by atoms with Gasteiger partial charge in [-0.15, -0.1) is 16.4 Å². The van der Waals surface area contributed by atoms with Crippen LogP contribution < -0.4 is 5.43 Å². The van der Waals surface area contributed by atoms with E-state index in [-0.39, 0.29) is 5.43 Å². The first-order chi connectivity index (χ1) is 7.36. The Morgan fingerprint density at radius 3 is 2.87 bits per heavy atom. The van der Waals surface area contributed by atoms with Crippen molar-refractivity contribution in [3.63, 3.8) is 0 Å². The Hall–Kier alpha value is -1.81. The fourth-order valence-electron chi connectivity index (χ4n) is 1.56. The average molecular weight is 214 g/mol. The maximum atomic E-state index is 12.0. The molecule has 0 atom stereocenters. The molecule has 0 bridgehead atoms. The van der Waals surface area contributed by atoms with Crippen LogP contribution in [0.15, 0.2) is 41.3 Å². The molecule has 0 saturated heterocycles. The number of hydrogen-bond acceptors (Lipinski definition) is 4. The van der Waals surface area contributed by atoms with Crippen molar-refractivity contribution in [2.45, 2.75) is 0 Å². The summed E-state index contributed by atoms with van der Waals surface area (Å²) in [6, 6.07) is 9.27. The second-order valence-electron chi connectivity index (χ2n) is 3.18. The minimum Gasteiger partial charge on any atom is -0.288 e. The van der Waals surface area contributed by atoms with Crippen LogP contribution in [0.1, 0.15) is 0 Å². The van der Waals surface area contributed by atoms with Gasteiger partial charge in [-0.3, -0.25) is 4.79 Å². The highest BCUT2D eigenvalue weighted by Gasteiger charge is 2.05. The zero-order chi connectivity index (χ0) is 10.3. The Balaban J connectivity index is 2.66. The number of hydrogen-bond donors (Lipinski definition) is 0. The summed E-state index contributed by atoms with van der Waals surface area (Å²) in [5, 5.41) is 9.14. The lowest BCUT2D eigenvalue weighted by molar-refractivity contribution is 1.08. The van der Waals surface area contributed by atoms with Gasteiger partial charge in [0.2, 0.25) is 0 Å². The number of rotatable bonds is 0. The predicted molar refractivity (Wildman–Crippen MR) is 61.2 cm³/mol. The van der Waals surface area contributed by atoms with E-state index in [4.69, 9.17) is 0 Å². The molecule has 72 valence electrons. The predicted octanol–water partition coefficient (Wildman–Crippen LogP) is 2.20. The maximum Gasteiger partial charge on any atom is 0.197 e. The fraction of sp³-hybridized carbons (Fsp3) is 0. The molecule has 2 heterocycles. The van der Waals surface area contributed by atoms with Crippen LogP contribution in [0.4, 0.5) is 0 Å². The summed E-state index contributed by atoms with van der Waals surface area (Å²) in [6.45, 7) is 0. The Kier molecular flexibility index (Phi) is 1.76. The summed E-state index contributed by atoms with van der Waals surface area (Å²) in [4.78, 5) is 12.7. The topological polar surface area (TPSA) is 42.9 Å². The van der Waals surface area contributed by atoms with E-state index >= 15 is 0 Å². The van der Waals surface area contributed by atoms with E-state index in [0.29, 0.717) is 10.2 Å². The smallest absolute Gasteiger partial charge is 0.197 e. The highest BCUT2D eigenvalue weighted by molar-refractivity contribution is 7.24. The largest absolute Gasteiger partial charge is 0.288 e. The third-order valence-electron chi connectivity index (χ3n) is 2.27. The molecule has 1 aromatic carbocycles. The van der Waals surface area contributed by atoms with Crippen LogP contribution in [-0.4, -0.2) is 10.2 Å². The number of aromatic nitrogens is 2. The summed E-state index contributed by atoms with van der Waals surface area (Å²) in [7, 11) is 0. The van der Waals surface area contributed by atoms with Crippen molar-refractivity contribution in [2.24, 2.45) is 0 Å². The Morgan fingerprint density at radius 2 is 1.93 bits per heavy atom. The summed E-state index contributed by atoms with van der Waals surface area (Å²) in [5.41, 5.74) is 0.0363. The monoisotopic (exact) mass is 214 g/mol. The molecule has 0 aliphatic rings.